The molecule has 2 amide bonds. The second kappa shape index (κ2) is 12.5. The topological polar surface area (TPSA) is 62.0 Å². The lowest BCUT2D eigenvalue weighted by atomic mass is 9.80. The van der Waals surface area contributed by atoms with Gasteiger partial charge < -0.3 is 5.32 Å². The zero-order chi connectivity index (χ0) is 27.2. The highest BCUT2D eigenvalue weighted by Crippen LogP contribution is 2.42. The summed E-state index contributed by atoms with van der Waals surface area (Å²) in [5.41, 5.74) is 3.75. The van der Waals surface area contributed by atoms with E-state index in [-0.39, 0.29) is 48.2 Å². The largest absolute Gasteiger partial charge is 0.369 e. The van der Waals surface area contributed by atoms with E-state index in [0.29, 0.717) is 11.7 Å². The van der Waals surface area contributed by atoms with Crippen molar-refractivity contribution < 1.29 is 9.18 Å². The standard InChI is InChI=1S/C32H41FN5O.2ClH/c1-22-20-32(17-18-37(22)21-24-10-7-9-23-15-16-31(2,3)36-28(23)24)29(34-26-12-5-4-6-13-26)35-30(39)38(32)27-14-8-11-25(33)19-27;;/h7-11,14,19,22,26H,4-6,12-13,15-18,20-21H2,1-3H3,(H,34,35,39);2*1H/t22-,32+;;/m0../s1. The van der Waals surface area contributed by atoms with Crippen LogP contribution in [0, 0.1) is 5.82 Å². The van der Waals surface area contributed by atoms with Crippen molar-refractivity contribution >= 4 is 48.1 Å². The minimum atomic E-state index is -0.597. The summed E-state index contributed by atoms with van der Waals surface area (Å²) >= 11 is 0. The summed E-state index contributed by atoms with van der Waals surface area (Å²) in [4.78, 5) is 22.4. The SMILES string of the molecule is C[C@H]1C[C@]2(CCN1Cc1cccc3c1[N]C(C)(C)CC3)C(NC1CCCCC1)=NC(=O)N2c1cccc(F)c1.Cl.Cl. The van der Waals surface area contributed by atoms with Crippen LogP contribution in [0.15, 0.2) is 47.5 Å². The number of piperidine rings is 1. The molecule has 2 aromatic rings. The van der Waals surface area contributed by atoms with Crippen molar-refractivity contribution in [3.8, 4) is 0 Å². The number of amidine groups is 1. The Labute approximate surface area is 256 Å². The van der Waals surface area contributed by atoms with Crippen molar-refractivity contribution in [2.45, 2.75) is 108 Å². The molecule has 2 atom stereocenters. The van der Waals surface area contributed by atoms with Crippen molar-refractivity contribution in [3.05, 3.63) is 59.4 Å². The monoisotopic (exact) mass is 602 g/mol. The molecule has 1 aliphatic carbocycles. The first kappa shape index (κ1) is 31.6. The maximum Gasteiger partial charge on any atom is 0.350 e. The number of anilines is 1. The highest BCUT2D eigenvalue weighted by Gasteiger charge is 2.54. The van der Waals surface area contributed by atoms with E-state index in [1.807, 2.05) is 6.07 Å². The summed E-state index contributed by atoms with van der Waals surface area (Å²) < 4.78 is 14.3. The van der Waals surface area contributed by atoms with E-state index in [2.05, 4.69) is 54.2 Å². The number of carbonyl (C=O) groups excluding carboxylic acids is 1. The van der Waals surface area contributed by atoms with Crippen LogP contribution < -0.4 is 15.5 Å². The number of fused-ring (bicyclic) bond motifs is 1. The Morgan fingerprint density at radius 1 is 1.05 bits per heavy atom. The summed E-state index contributed by atoms with van der Waals surface area (Å²) in [5, 5.41) is 8.86. The molecule has 6 nitrogen and oxygen atoms in total. The van der Waals surface area contributed by atoms with E-state index in [9.17, 15) is 9.18 Å². The lowest BCUT2D eigenvalue weighted by Gasteiger charge is -2.49. The molecule has 0 unspecified atom stereocenters. The fourth-order valence-electron chi connectivity index (χ4n) is 7.18. The van der Waals surface area contributed by atoms with Crippen molar-refractivity contribution in [2.75, 3.05) is 11.4 Å². The molecule has 0 aromatic heterocycles. The number of urea groups is 1. The minimum Gasteiger partial charge on any atom is -0.369 e. The number of aryl methyl sites for hydroxylation is 1. The van der Waals surface area contributed by atoms with Crippen molar-refractivity contribution in [2.24, 2.45) is 4.99 Å². The van der Waals surface area contributed by atoms with Gasteiger partial charge >= 0.3 is 6.03 Å². The molecule has 1 N–H and O–H groups in total. The second-order valence-electron chi connectivity index (χ2n) is 12.7. The van der Waals surface area contributed by atoms with Crippen LogP contribution in [-0.2, 0) is 13.0 Å². The average molecular weight is 604 g/mol. The van der Waals surface area contributed by atoms with E-state index in [4.69, 9.17) is 5.32 Å². The third kappa shape index (κ3) is 6.23. The van der Waals surface area contributed by atoms with E-state index < -0.39 is 5.54 Å². The summed E-state index contributed by atoms with van der Waals surface area (Å²) in [7, 11) is 0. The molecule has 6 rings (SSSR count). The van der Waals surface area contributed by atoms with Crippen LogP contribution in [0.3, 0.4) is 0 Å². The van der Waals surface area contributed by atoms with E-state index in [1.54, 1.807) is 11.0 Å². The van der Waals surface area contributed by atoms with Crippen LogP contribution in [0.1, 0.15) is 83.3 Å². The lowest BCUT2D eigenvalue weighted by Crippen LogP contribution is -2.63. The number of nitrogens with one attached hydrogen (secondary N) is 1. The number of nitrogens with zero attached hydrogens (tertiary/aromatic N) is 4. The fraction of sp³-hybridized carbons (Fsp3) is 0.562. The summed E-state index contributed by atoms with van der Waals surface area (Å²) in [6, 6.07) is 13.2. The number of rotatable bonds is 4. The minimum absolute atomic E-state index is 0. The Balaban J connectivity index is 0.00000194. The molecule has 3 aliphatic heterocycles. The average Bonchev–Trinajstić information content (AvgIpc) is 3.16. The van der Waals surface area contributed by atoms with Gasteiger partial charge in [-0.3, -0.25) is 15.1 Å². The van der Waals surface area contributed by atoms with Crippen LogP contribution in [0.4, 0.5) is 20.6 Å². The second-order valence-corrected chi connectivity index (χ2v) is 12.7. The van der Waals surface area contributed by atoms with Gasteiger partial charge in [0.05, 0.1) is 11.2 Å². The van der Waals surface area contributed by atoms with E-state index >= 15 is 0 Å². The summed E-state index contributed by atoms with van der Waals surface area (Å²) in [6.45, 7) is 8.34. The van der Waals surface area contributed by atoms with Crippen molar-refractivity contribution in [1.29, 1.82) is 0 Å². The number of para-hydroxylation sites is 1. The Morgan fingerprint density at radius 3 is 2.54 bits per heavy atom. The Kier molecular flexibility index (Phi) is 9.62. The Bertz CT molecular complexity index is 1280. The van der Waals surface area contributed by atoms with Gasteiger partial charge in [0.15, 0.2) is 0 Å². The summed E-state index contributed by atoms with van der Waals surface area (Å²) in [5.74, 6) is 0.444. The summed E-state index contributed by atoms with van der Waals surface area (Å²) in [6.07, 6.45) is 9.50. The number of halogens is 3. The Hall–Kier alpha value is -2.35. The highest BCUT2D eigenvalue weighted by atomic mass is 35.5. The maximum absolute atomic E-state index is 14.3. The molecule has 0 bridgehead atoms. The number of aliphatic imine (C=N–C) groups is 1. The number of carbonyl (C=O) groups is 1. The van der Waals surface area contributed by atoms with Gasteiger partial charge in [-0.2, -0.15) is 4.99 Å². The van der Waals surface area contributed by atoms with Gasteiger partial charge in [0, 0.05) is 30.9 Å². The predicted molar refractivity (Wildman–Crippen MR) is 169 cm³/mol. The van der Waals surface area contributed by atoms with Crippen LogP contribution in [-0.4, -0.2) is 46.5 Å². The van der Waals surface area contributed by atoms with Gasteiger partial charge in [-0.05, 0) is 88.6 Å². The van der Waals surface area contributed by atoms with Crippen LogP contribution >= 0.6 is 24.8 Å². The van der Waals surface area contributed by atoms with Crippen LogP contribution in [0.2, 0.25) is 0 Å². The van der Waals surface area contributed by atoms with Crippen molar-refractivity contribution in [1.82, 2.24) is 15.5 Å². The number of likely N-dealkylation sites (tertiary alicyclic amines) is 1. The van der Waals surface area contributed by atoms with E-state index in [0.717, 1.165) is 57.5 Å². The fourth-order valence-corrected chi connectivity index (χ4v) is 7.18. The predicted octanol–water partition coefficient (Wildman–Crippen LogP) is 7.31. The van der Waals surface area contributed by atoms with Gasteiger partial charge in [-0.1, -0.05) is 43.5 Å². The van der Waals surface area contributed by atoms with Gasteiger partial charge in [0.25, 0.3) is 0 Å². The van der Waals surface area contributed by atoms with Crippen molar-refractivity contribution in [3.63, 3.8) is 0 Å². The molecule has 223 valence electrons. The quantitative estimate of drug-likeness (QED) is 0.399. The molecule has 1 saturated heterocycles. The lowest BCUT2D eigenvalue weighted by molar-refractivity contribution is 0.122. The third-order valence-electron chi connectivity index (χ3n) is 9.35. The maximum atomic E-state index is 14.3. The molecular formula is C32H43Cl2FN5O. The first-order valence-electron chi connectivity index (χ1n) is 14.8. The van der Waals surface area contributed by atoms with Gasteiger partial charge in [0.2, 0.25) is 0 Å². The third-order valence-corrected chi connectivity index (χ3v) is 9.35. The number of hydrogen-bond donors (Lipinski definition) is 1. The molecule has 1 spiro atoms. The van der Waals surface area contributed by atoms with Crippen LogP contribution in [0.5, 0.6) is 0 Å². The normalized spacial score (nSPS) is 26.0. The zero-order valence-corrected chi connectivity index (χ0v) is 26.0. The molecule has 41 heavy (non-hydrogen) atoms. The molecule has 1 saturated carbocycles. The number of hydrogen-bond acceptors (Lipinski definition) is 3. The van der Waals surface area contributed by atoms with Gasteiger partial charge in [-0.15, -0.1) is 24.8 Å². The molecule has 9 heteroatoms. The van der Waals surface area contributed by atoms with Crippen LogP contribution in [0.25, 0.3) is 0 Å². The van der Waals surface area contributed by atoms with Gasteiger partial charge in [0.1, 0.15) is 17.2 Å². The molecule has 1 radical (unpaired) electrons. The first-order valence-corrected chi connectivity index (χ1v) is 14.8. The molecule has 2 aromatic carbocycles. The molecule has 2 fully saturated rings. The molecule has 3 heterocycles. The Morgan fingerprint density at radius 2 is 1.80 bits per heavy atom. The first-order chi connectivity index (χ1) is 18.7. The number of amides is 2. The highest BCUT2D eigenvalue weighted by molar-refractivity contribution is 6.16. The smallest absolute Gasteiger partial charge is 0.350 e. The molecule has 4 aliphatic rings. The molecular weight excluding hydrogens is 560 g/mol. The number of benzene rings is 2. The zero-order valence-electron chi connectivity index (χ0n) is 24.4. The van der Waals surface area contributed by atoms with E-state index in [1.165, 1.54) is 48.2 Å². The van der Waals surface area contributed by atoms with Gasteiger partial charge in [-0.25, -0.2) is 9.18 Å².